The van der Waals surface area contributed by atoms with E-state index in [1.165, 1.54) is 6.42 Å². The summed E-state index contributed by atoms with van der Waals surface area (Å²) in [4.78, 5) is 42.7. The molecule has 1 aliphatic carbocycles. The molecule has 5 rings (SSSR count). The lowest BCUT2D eigenvalue weighted by atomic mass is 9.74. The number of fused-ring (bicyclic) bond motifs is 1. The summed E-state index contributed by atoms with van der Waals surface area (Å²) in [5, 5.41) is 6.24. The number of likely N-dealkylation sites (tertiary alicyclic amines) is 1. The molecule has 4 aliphatic rings. The molecular weight excluding hydrogens is 442 g/mol. The van der Waals surface area contributed by atoms with E-state index in [2.05, 4.69) is 17.6 Å². The molecule has 1 aromatic rings. The van der Waals surface area contributed by atoms with Gasteiger partial charge in [-0.1, -0.05) is 50.8 Å². The highest BCUT2D eigenvalue weighted by atomic mass is 16.5. The van der Waals surface area contributed by atoms with Crippen molar-refractivity contribution in [2.24, 2.45) is 11.8 Å². The first-order valence-electron chi connectivity index (χ1n) is 13.2. The smallest absolute Gasteiger partial charge is 0.246 e. The highest BCUT2D eigenvalue weighted by molar-refractivity contribution is 6.02. The monoisotopic (exact) mass is 479 g/mol. The maximum absolute atomic E-state index is 13.8. The highest BCUT2D eigenvalue weighted by Crippen LogP contribution is 2.55. The lowest BCUT2D eigenvalue weighted by Gasteiger charge is -2.34. The number of rotatable bonds is 7. The van der Waals surface area contributed by atoms with Gasteiger partial charge in [-0.05, 0) is 56.4 Å². The van der Waals surface area contributed by atoms with Crippen LogP contribution in [0.5, 0.6) is 0 Å². The number of nitrogens with one attached hydrogen (secondary N) is 2. The fraction of sp³-hybridized carbons (Fsp3) is 0.607. The number of hydrogen-bond donors (Lipinski definition) is 2. The summed E-state index contributed by atoms with van der Waals surface area (Å²) in [5.74, 6) is -1.88. The van der Waals surface area contributed by atoms with Gasteiger partial charge < -0.3 is 20.3 Å². The Kier molecular flexibility index (Phi) is 6.47. The topological polar surface area (TPSA) is 87.7 Å². The molecule has 7 heteroatoms. The van der Waals surface area contributed by atoms with E-state index < -0.39 is 29.6 Å². The average Bonchev–Trinajstić information content (AvgIpc) is 3.48. The molecule has 5 unspecified atom stereocenters. The van der Waals surface area contributed by atoms with Crippen molar-refractivity contribution in [3.8, 4) is 0 Å². The molecule has 5 atom stereocenters. The molecule has 3 fully saturated rings. The molecule has 2 N–H and O–H groups in total. The first-order chi connectivity index (χ1) is 16.9. The van der Waals surface area contributed by atoms with Crippen molar-refractivity contribution < 1.29 is 19.1 Å². The molecule has 2 bridgehead atoms. The summed E-state index contributed by atoms with van der Waals surface area (Å²) in [6, 6.07) is 5.19. The Labute approximate surface area is 207 Å². The number of carbonyl (C=O) groups is 3. The Morgan fingerprint density at radius 2 is 1.89 bits per heavy atom. The predicted molar refractivity (Wildman–Crippen MR) is 134 cm³/mol. The van der Waals surface area contributed by atoms with Crippen LogP contribution in [-0.4, -0.2) is 53.0 Å². The number of carbonyl (C=O) groups excluding carboxylic acids is 3. The maximum atomic E-state index is 13.8. The number of benzene rings is 1. The largest absolute Gasteiger partial charge is 0.359 e. The third-order valence-corrected chi connectivity index (χ3v) is 8.40. The zero-order chi connectivity index (χ0) is 24.7. The number of aryl methyl sites for hydroxylation is 2. The van der Waals surface area contributed by atoms with E-state index in [1.807, 2.05) is 44.2 Å². The summed E-state index contributed by atoms with van der Waals surface area (Å²) in [5.41, 5.74) is 1.86. The fourth-order valence-electron chi connectivity index (χ4n) is 6.41. The van der Waals surface area contributed by atoms with E-state index in [1.54, 1.807) is 4.90 Å². The van der Waals surface area contributed by atoms with Crippen molar-refractivity contribution >= 4 is 23.4 Å². The number of ether oxygens (including phenoxy) is 1. The van der Waals surface area contributed by atoms with Gasteiger partial charge in [0.1, 0.15) is 11.6 Å². The fourth-order valence-corrected chi connectivity index (χ4v) is 6.41. The van der Waals surface area contributed by atoms with Crippen molar-refractivity contribution in [1.82, 2.24) is 10.2 Å². The van der Waals surface area contributed by atoms with Crippen LogP contribution in [0.1, 0.15) is 63.0 Å². The molecule has 0 aromatic heterocycles. The van der Waals surface area contributed by atoms with Gasteiger partial charge in [0.25, 0.3) is 0 Å². The van der Waals surface area contributed by atoms with Gasteiger partial charge in [0, 0.05) is 18.3 Å². The highest BCUT2D eigenvalue weighted by Gasteiger charge is 2.72. The van der Waals surface area contributed by atoms with Crippen LogP contribution >= 0.6 is 0 Å². The molecule has 3 amide bonds. The van der Waals surface area contributed by atoms with E-state index >= 15 is 0 Å². The van der Waals surface area contributed by atoms with Gasteiger partial charge in [0.2, 0.25) is 17.7 Å². The van der Waals surface area contributed by atoms with Crippen LogP contribution in [0.4, 0.5) is 5.69 Å². The predicted octanol–water partition coefficient (Wildman–Crippen LogP) is 3.64. The Balaban J connectivity index is 1.42. The van der Waals surface area contributed by atoms with Crippen molar-refractivity contribution in [1.29, 1.82) is 0 Å². The van der Waals surface area contributed by atoms with Gasteiger partial charge in [0.15, 0.2) is 0 Å². The number of amides is 3. The average molecular weight is 480 g/mol. The molecule has 0 radical (unpaired) electrons. The zero-order valence-electron chi connectivity index (χ0n) is 21.0. The summed E-state index contributed by atoms with van der Waals surface area (Å²) in [7, 11) is 0. The molecular formula is C28H37N3O4. The molecule has 1 aromatic carbocycles. The Morgan fingerprint density at radius 1 is 1.11 bits per heavy atom. The SMILES string of the molecule is CCCCN1C(=O)C2C(C(=O)Nc3ccc(C)c(C)c3)C3C=CC2(O3)C1C(=O)NC1CCCCC1. The molecule has 1 saturated carbocycles. The summed E-state index contributed by atoms with van der Waals surface area (Å²) >= 11 is 0. The maximum Gasteiger partial charge on any atom is 0.246 e. The Morgan fingerprint density at radius 3 is 2.60 bits per heavy atom. The van der Waals surface area contributed by atoms with Crippen molar-refractivity contribution in [2.75, 3.05) is 11.9 Å². The normalized spacial score (nSPS) is 31.6. The van der Waals surface area contributed by atoms with Gasteiger partial charge >= 0.3 is 0 Å². The first kappa shape index (κ1) is 24.0. The molecule has 1 spiro atoms. The number of hydrogen-bond acceptors (Lipinski definition) is 4. The van der Waals surface area contributed by atoms with Crippen molar-refractivity contribution in [2.45, 2.75) is 89.5 Å². The zero-order valence-corrected chi connectivity index (χ0v) is 21.0. The molecule has 7 nitrogen and oxygen atoms in total. The lowest BCUT2D eigenvalue weighted by Crippen LogP contribution is -2.56. The van der Waals surface area contributed by atoms with Crippen molar-refractivity contribution in [3.05, 3.63) is 41.5 Å². The van der Waals surface area contributed by atoms with E-state index in [-0.39, 0.29) is 23.8 Å². The molecule has 3 aliphatic heterocycles. The van der Waals surface area contributed by atoms with Crippen LogP contribution in [0.3, 0.4) is 0 Å². The van der Waals surface area contributed by atoms with E-state index in [0.717, 1.165) is 49.7 Å². The van der Waals surface area contributed by atoms with E-state index in [9.17, 15) is 14.4 Å². The minimum absolute atomic E-state index is 0.140. The number of nitrogens with zero attached hydrogens (tertiary/aromatic N) is 1. The van der Waals surface area contributed by atoms with Crippen LogP contribution in [0.2, 0.25) is 0 Å². The van der Waals surface area contributed by atoms with Crippen LogP contribution < -0.4 is 10.6 Å². The van der Waals surface area contributed by atoms with Crippen LogP contribution in [-0.2, 0) is 19.1 Å². The first-order valence-corrected chi connectivity index (χ1v) is 13.2. The lowest BCUT2D eigenvalue weighted by molar-refractivity contribution is -0.141. The summed E-state index contributed by atoms with van der Waals surface area (Å²) < 4.78 is 6.41. The second-order valence-corrected chi connectivity index (χ2v) is 10.7. The quantitative estimate of drug-likeness (QED) is 0.585. The minimum Gasteiger partial charge on any atom is -0.359 e. The molecule has 2 saturated heterocycles. The molecule has 188 valence electrons. The van der Waals surface area contributed by atoms with Crippen LogP contribution in [0, 0.1) is 25.7 Å². The Bertz CT molecular complexity index is 1050. The van der Waals surface area contributed by atoms with E-state index in [4.69, 9.17) is 4.74 Å². The Hall–Kier alpha value is -2.67. The van der Waals surface area contributed by atoms with Gasteiger partial charge in [-0.2, -0.15) is 0 Å². The molecule has 35 heavy (non-hydrogen) atoms. The third kappa shape index (κ3) is 4.07. The third-order valence-electron chi connectivity index (χ3n) is 8.40. The second kappa shape index (κ2) is 9.41. The van der Waals surface area contributed by atoms with Gasteiger partial charge in [-0.25, -0.2) is 0 Å². The standard InChI is InChI=1S/C28H37N3O4/c1-4-5-15-31-24(26(33)29-19-9-7-6-8-10-19)28-14-13-21(35-28)22(23(28)27(31)34)25(32)30-20-12-11-17(2)18(3)16-20/h11-14,16,19,21-24H,4-10,15H2,1-3H3,(H,29,33)(H,30,32). The van der Waals surface area contributed by atoms with E-state index in [0.29, 0.717) is 12.2 Å². The minimum atomic E-state index is -1.08. The number of anilines is 1. The van der Waals surface area contributed by atoms with Gasteiger partial charge in [0.05, 0.1) is 17.9 Å². The van der Waals surface area contributed by atoms with Crippen LogP contribution in [0.15, 0.2) is 30.4 Å². The van der Waals surface area contributed by atoms with Crippen molar-refractivity contribution in [3.63, 3.8) is 0 Å². The summed E-state index contributed by atoms with van der Waals surface area (Å²) in [6.45, 7) is 6.59. The molecule has 3 heterocycles. The van der Waals surface area contributed by atoms with Crippen LogP contribution in [0.25, 0.3) is 0 Å². The van der Waals surface area contributed by atoms with Gasteiger partial charge in [-0.15, -0.1) is 0 Å². The summed E-state index contributed by atoms with van der Waals surface area (Å²) in [6.07, 6.45) is 10.3. The second-order valence-electron chi connectivity index (χ2n) is 10.7. The van der Waals surface area contributed by atoms with Gasteiger partial charge in [-0.3, -0.25) is 14.4 Å². The number of unbranched alkanes of at least 4 members (excludes halogenated alkanes) is 1.